The van der Waals surface area contributed by atoms with Gasteiger partial charge < -0.3 is 10.1 Å². The summed E-state index contributed by atoms with van der Waals surface area (Å²) in [5, 5.41) is 12.9. The van der Waals surface area contributed by atoms with Crippen molar-refractivity contribution in [3.8, 4) is 11.8 Å². The SMILES string of the molecule is N#CC(C(=O)CCCOc1ccc2c(c1)CCC(=O)N2)c1nc2ccccc2s1. The molecule has 0 saturated heterocycles. The van der Waals surface area contributed by atoms with E-state index in [-0.39, 0.29) is 18.1 Å². The first-order valence-electron chi connectivity index (χ1n) is 9.47. The molecule has 2 aromatic carbocycles. The van der Waals surface area contributed by atoms with E-state index in [0.29, 0.717) is 30.9 Å². The molecule has 1 unspecified atom stereocenters. The van der Waals surface area contributed by atoms with Crippen molar-refractivity contribution in [2.45, 2.75) is 31.6 Å². The smallest absolute Gasteiger partial charge is 0.224 e. The van der Waals surface area contributed by atoms with Gasteiger partial charge in [0.2, 0.25) is 5.91 Å². The van der Waals surface area contributed by atoms with Gasteiger partial charge in [-0.25, -0.2) is 4.98 Å². The first-order chi connectivity index (χ1) is 14.1. The summed E-state index contributed by atoms with van der Waals surface area (Å²) in [4.78, 5) is 28.4. The lowest BCUT2D eigenvalue weighted by Crippen LogP contribution is -2.18. The summed E-state index contributed by atoms with van der Waals surface area (Å²) in [5.74, 6) is -0.219. The Labute approximate surface area is 172 Å². The molecule has 1 amide bonds. The van der Waals surface area contributed by atoms with Gasteiger partial charge in [0.05, 0.1) is 22.9 Å². The Morgan fingerprint density at radius 3 is 2.97 bits per heavy atom. The number of hydrogen-bond acceptors (Lipinski definition) is 6. The van der Waals surface area contributed by atoms with Gasteiger partial charge in [0.1, 0.15) is 10.8 Å². The summed E-state index contributed by atoms with van der Waals surface area (Å²) >= 11 is 1.39. The summed E-state index contributed by atoms with van der Waals surface area (Å²) < 4.78 is 6.73. The highest BCUT2D eigenvalue weighted by Crippen LogP contribution is 2.29. The van der Waals surface area contributed by atoms with E-state index in [2.05, 4.69) is 16.4 Å². The number of ether oxygens (including phenoxy) is 1. The molecule has 2 heterocycles. The van der Waals surface area contributed by atoms with Gasteiger partial charge in [-0.1, -0.05) is 12.1 Å². The molecule has 0 fully saturated rings. The number of thiazole rings is 1. The van der Waals surface area contributed by atoms with Crippen molar-refractivity contribution in [1.29, 1.82) is 5.26 Å². The molecule has 1 aromatic heterocycles. The lowest BCUT2D eigenvalue weighted by Gasteiger charge is -2.17. The first kappa shape index (κ1) is 19.1. The number of carbonyl (C=O) groups excluding carboxylic acids is 2. The highest BCUT2D eigenvalue weighted by Gasteiger charge is 2.23. The monoisotopic (exact) mass is 405 g/mol. The van der Waals surface area contributed by atoms with Gasteiger partial charge in [0.25, 0.3) is 0 Å². The second-order valence-corrected chi connectivity index (χ2v) is 7.93. The molecule has 0 bridgehead atoms. The number of para-hydroxylation sites is 1. The number of amides is 1. The maximum Gasteiger partial charge on any atom is 0.224 e. The van der Waals surface area contributed by atoms with Crippen LogP contribution in [-0.2, 0) is 16.0 Å². The molecule has 0 spiro atoms. The average molecular weight is 405 g/mol. The molecule has 29 heavy (non-hydrogen) atoms. The molecular formula is C22H19N3O3S. The van der Waals surface area contributed by atoms with E-state index < -0.39 is 5.92 Å². The van der Waals surface area contributed by atoms with Crippen LogP contribution in [-0.4, -0.2) is 23.3 Å². The van der Waals surface area contributed by atoms with Crippen molar-refractivity contribution in [3.05, 3.63) is 53.0 Å². The van der Waals surface area contributed by atoms with Crippen LogP contribution in [0, 0.1) is 11.3 Å². The molecular weight excluding hydrogens is 386 g/mol. The fourth-order valence-corrected chi connectivity index (χ4v) is 4.34. The minimum absolute atomic E-state index is 0.0323. The maximum atomic E-state index is 12.5. The van der Waals surface area contributed by atoms with Gasteiger partial charge in [-0.2, -0.15) is 5.26 Å². The number of anilines is 1. The van der Waals surface area contributed by atoms with E-state index in [1.807, 2.05) is 42.5 Å². The number of fused-ring (bicyclic) bond motifs is 2. The molecule has 0 radical (unpaired) electrons. The fraction of sp³-hybridized carbons (Fsp3) is 0.273. The molecule has 1 aliphatic heterocycles. The van der Waals surface area contributed by atoms with Crippen LogP contribution >= 0.6 is 11.3 Å². The number of hydrogen-bond donors (Lipinski definition) is 1. The predicted molar refractivity (Wildman–Crippen MR) is 111 cm³/mol. The van der Waals surface area contributed by atoms with Crippen LogP contribution in [0.15, 0.2) is 42.5 Å². The van der Waals surface area contributed by atoms with Crippen LogP contribution in [0.1, 0.15) is 35.8 Å². The molecule has 7 heteroatoms. The number of benzene rings is 2. The topological polar surface area (TPSA) is 92.1 Å². The van der Waals surface area contributed by atoms with Crippen LogP contribution in [0.4, 0.5) is 5.69 Å². The minimum Gasteiger partial charge on any atom is -0.494 e. The number of Topliss-reactive ketones (excluding diaryl/α,β-unsaturated/α-hetero) is 1. The Kier molecular flexibility index (Phi) is 5.54. The molecule has 4 rings (SSSR count). The van der Waals surface area contributed by atoms with Crippen LogP contribution in [0.2, 0.25) is 0 Å². The number of carbonyl (C=O) groups is 2. The third kappa shape index (κ3) is 4.28. The average Bonchev–Trinajstić information content (AvgIpc) is 3.15. The third-order valence-electron chi connectivity index (χ3n) is 4.82. The molecule has 6 nitrogen and oxygen atoms in total. The van der Waals surface area contributed by atoms with E-state index in [4.69, 9.17) is 4.74 Å². The van der Waals surface area contributed by atoms with E-state index >= 15 is 0 Å². The van der Waals surface area contributed by atoms with Gasteiger partial charge in [-0.05, 0) is 48.7 Å². The van der Waals surface area contributed by atoms with Crippen molar-refractivity contribution in [2.75, 3.05) is 11.9 Å². The van der Waals surface area contributed by atoms with Crippen molar-refractivity contribution in [1.82, 2.24) is 4.98 Å². The highest BCUT2D eigenvalue weighted by molar-refractivity contribution is 7.18. The molecule has 146 valence electrons. The largest absolute Gasteiger partial charge is 0.494 e. The standard InChI is InChI=1S/C22H19N3O3S/c23-13-16(22-25-18-4-1-2-6-20(18)29-22)19(26)5-3-11-28-15-8-9-17-14(12-15)7-10-21(27)24-17/h1-2,4,6,8-9,12,16H,3,5,7,10-11H2,(H,24,27). The normalized spacial score (nSPS) is 14.0. The quantitative estimate of drug-likeness (QED) is 0.594. The predicted octanol–water partition coefficient (Wildman–Crippen LogP) is 4.22. The van der Waals surface area contributed by atoms with Gasteiger partial charge in [-0.15, -0.1) is 11.3 Å². The molecule has 0 aliphatic carbocycles. The molecule has 1 N–H and O–H groups in total. The second kappa shape index (κ2) is 8.41. The zero-order chi connectivity index (χ0) is 20.2. The summed E-state index contributed by atoms with van der Waals surface area (Å²) in [6.45, 7) is 0.384. The van der Waals surface area contributed by atoms with Crippen molar-refractivity contribution < 1.29 is 14.3 Å². The number of aromatic nitrogens is 1. The number of nitriles is 1. The fourth-order valence-electron chi connectivity index (χ4n) is 3.31. The molecule has 3 aromatic rings. The van der Waals surface area contributed by atoms with Crippen molar-refractivity contribution in [3.63, 3.8) is 0 Å². The Morgan fingerprint density at radius 2 is 2.14 bits per heavy atom. The lowest BCUT2D eigenvalue weighted by molar-refractivity contribution is -0.119. The number of rotatable bonds is 7. The second-order valence-electron chi connectivity index (χ2n) is 6.87. The van der Waals surface area contributed by atoms with Crippen molar-refractivity contribution >= 4 is 38.9 Å². The van der Waals surface area contributed by atoms with Crippen LogP contribution in [0.25, 0.3) is 10.2 Å². The Balaban J connectivity index is 1.31. The summed E-state index contributed by atoms with van der Waals surface area (Å²) in [6.07, 6.45) is 1.96. The first-order valence-corrected chi connectivity index (χ1v) is 10.3. The van der Waals surface area contributed by atoms with Crippen LogP contribution in [0.3, 0.4) is 0 Å². The van der Waals surface area contributed by atoms with Crippen LogP contribution < -0.4 is 10.1 Å². The van der Waals surface area contributed by atoms with Crippen molar-refractivity contribution in [2.24, 2.45) is 0 Å². The van der Waals surface area contributed by atoms with E-state index in [0.717, 1.165) is 27.2 Å². The Bertz CT molecular complexity index is 1080. The number of aryl methyl sites for hydroxylation is 1. The Morgan fingerprint density at radius 1 is 1.28 bits per heavy atom. The van der Waals surface area contributed by atoms with Gasteiger partial charge >= 0.3 is 0 Å². The lowest BCUT2D eigenvalue weighted by atomic mass is 10.0. The summed E-state index contributed by atoms with van der Waals surface area (Å²) in [7, 11) is 0. The zero-order valence-electron chi connectivity index (χ0n) is 15.7. The number of nitrogens with zero attached hydrogens (tertiary/aromatic N) is 2. The van der Waals surface area contributed by atoms with Gasteiger partial charge in [-0.3, -0.25) is 9.59 Å². The molecule has 1 atom stereocenters. The summed E-state index contributed by atoms with van der Waals surface area (Å²) in [5.41, 5.74) is 2.70. The number of nitrogens with one attached hydrogen (secondary N) is 1. The van der Waals surface area contributed by atoms with E-state index in [1.165, 1.54) is 11.3 Å². The van der Waals surface area contributed by atoms with Crippen LogP contribution in [0.5, 0.6) is 5.75 Å². The maximum absolute atomic E-state index is 12.5. The summed E-state index contributed by atoms with van der Waals surface area (Å²) in [6, 6.07) is 15.3. The number of ketones is 1. The molecule has 0 saturated carbocycles. The molecule has 1 aliphatic rings. The van der Waals surface area contributed by atoms with Gasteiger partial charge in [0, 0.05) is 18.5 Å². The van der Waals surface area contributed by atoms with Gasteiger partial charge in [0.15, 0.2) is 11.7 Å². The van der Waals surface area contributed by atoms with E-state index in [9.17, 15) is 14.9 Å². The third-order valence-corrected chi connectivity index (χ3v) is 5.92. The highest BCUT2D eigenvalue weighted by atomic mass is 32.1. The zero-order valence-corrected chi connectivity index (χ0v) is 16.5. The minimum atomic E-state index is -0.834. The Hall–Kier alpha value is -3.24. The van der Waals surface area contributed by atoms with E-state index in [1.54, 1.807) is 0 Å².